The Balaban J connectivity index is 2.26. The molecule has 0 saturated carbocycles. The van der Waals surface area contributed by atoms with Gasteiger partial charge in [0, 0.05) is 29.8 Å². The van der Waals surface area contributed by atoms with Crippen molar-refractivity contribution >= 4 is 5.91 Å². The molecule has 2 rings (SSSR count). The first-order chi connectivity index (χ1) is 8.54. The highest BCUT2D eigenvalue weighted by Crippen LogP contribution is 2.26. The number of nitrogens with zero attached hydrogens (tertiary/aromatic N) is 1. The van der Waals surface area contributed by atoms with Gasteiger partial charge in [0.25, 0.3) is 5.91 Å². The molecule has 0 aliphatic carbocycles. The molecule has 18 heavy (non-hydrogen) atoms. The molecule has 1 aromatic carbocycles. The summed E-state index contributed by atoms with van der Waals surface area (Å²) in [5, 5.41) is 0. The molecular formula is C14H19FN2O. The Labute approximate surface area is 107 Å². The van der Waals surface area contributed by atoms with E-state index >= 15 is 0 Å². The summed E-state index contributed by atoms with van der Waals surface area (Å²) in [7, 11) is 0. The number of benzene rings is 1. The lowest BCUT2D eigenvalue weighted by Gasteiger charge is -2.26. The van der Waals surface area contributed by atoms with Crippen LogP contribution in [0.1, 0.15) is 42.6 Å². The summed E-state index contributed by atoms with van der Waals surface area (Å²) in [6.07, 6.45) is 2.02. The lowest BCUT2D eigenvalue weighted by molar-refractivity contribution is 0.0692. The Kier molecular flexibility index (Phi) is 3.66. The van der Waals surface area contributed by atoms with Crippen molar-refractivity contribution in [3.63, 3.8) is 0 Å². The number of hydrogen-bond donors (Lipinski definition) is 1. The predicted octanol–water partition coefficient (Wildman–Crippen LogP) is 2.30. The van der Waals surface area contributed by atoms with E-state index in [9.17, 15) is 9.18 Å². The highest BCUT2D eigenvalue weighted by molar-refractivity contribution is 5.94. The van der Waals surface area contributed by atoms with Gasteiger partial charge in [-0.3, -0.25) is 4.79 Å². The fraction of sp³-hybridized carbons (Fsp3) is 0.500. The van der Waals surface area contributed by atoms with Gasteiger partial charge in [-0.25, -0.2) is 4.39 Å². The van der Waals surface area contributed by atoms with E-state index in [2.05, 4.69) is 0 Å². The molecule has 0 bridgehead atoms. The van der Waals surface area contributed by atoms with Crippen LogP contribution < -0.4 is 5.73 Å². The number of hydrogen-bond acceptors (Lipinski definition) is 2. The van der Waals surface area contributed by atoms with Crippen molar-refractivity contribution in [1.82, 2.24) is 4.90 Å². The number of nitrogens with two attached hydrogens (primary N) is 1. The summed E-state index contributed by atoms with van der Waals surface area (Å²) in [4.78, 5) is 14.2. The van der Waals surface area contributed by atoms with E-state index in [1.807, 2.05) is 18.7 Å². The van der Waals surface area contributed by atoms with E-state index in [1.165, 1.54) is 6.07 Å². The second kappa shape index (κ2) is 5.06. The largest absolute Gasteiger partial charge is 0.333 e. The van der Waals surface area contributed by atoms with E-state index in [1.54, 1.807) is 12.1 Å². The molecule has 2 atom stereocenters. The Hall–Kier alpha value is -1.42. The van der Waals surface area contributed by atoms with Crippen LogP contribution in [0.25, 0.3) is 0 Å². The standard InChI is InChI=1S/C14H19FN2O/c1-9-3-4-10(2)17(9)14(18)11-5-6-12(8-16)13(15)7-11/h5-7,9-10H,3-4,8,16H2,1-2H3. The van der Waals surface area contributed by atoms with Gasteiger partial charge in [-0.15, -0.1) is 0 Å². The van der Waals surface area contributed by atoms with Gasteiger partial charge < -0.3 is 10.6 Å². The zero-order chi connectivity index (χ0) is 13.3. The molecule has 1 aliphatic rings. The van der Waals surface area contributed by atoms with Crippen LogP contribution in [-0.4, -0.2) is 22.9 Å². The van der Waals surface area contributed by atoms with Crippen molar-refractivity contribution in [3.05, 3.63) is 35.1 Å². The van der Waals surface area contributed by atoms with Crippen LogP contribution >= 0.6 is 0 Å². The first-order valence-corrected chi connectivity index (χ1v) is 6.35. The molecular weight excluding hydrogens is 231 g/mol. The number of carbonyl (C=O) groups excluding carboxylic acids is 1. The minimum Gasteiger partial charge on any atom is -0.333 e. The second-order valence-electron chi connectivity index (χ2n) is 5.00. The maximum Gasteiger partial charge on any atom is 0.254 e. The van der Waals surface area contributed by atoms with Gasteiger partial charge in [0.15, 0.2) is 0 Å². The van der Waals surface area contributed by atoms with Crippen molar-refractivity contribution < 1.29 is 9.18 Å². The molecule has 2 N–H and O–H groups in total. The molecule has 4 heteroatoms. The summed E-state index contributed by atoms with van der Waals surface area (Å²) >= 11 is 0. The fourth-order valence-corrected chi connectivity index (χ4v) is 2.59. The van der Waals surface area contributed by atoms with Crippen LogP contribution in [0.5, 0.6) is 0 Å². The zero-order valence-electron chi connectivity index (χ0n) is 10.8. The highest BCUT2D eigenvalue weighted by atomic mass is 19.1. The van der Waals surface area contributed by atoms with E-state index in [4.69, 9.17) is 5.73 Å². The minimum atomic E-state index is -0.400. The predicted molar refractivity (Wildman–Crippen MR) is 68.6 cm³/mol. The number of likely N-dealkylation sites (tertiary alicyclic amines) is 1. The van der Waals surface area contributed by atoms with Crippen molar-refractivity contribution in [2.24, 2.45) is 5.73 Å². The first-order valence-electron chi connectivity index (χ1n) is 6.35. The van der Waals surface area contributed by atoms with Crippen molar-refractivity contribution in [2.45, 2.75) is 45.3 Å². The van der Waals surface area contributed by atoms with Gasteiger partial charge in [-0.1, -0.05) is 6.07 Å². The van der Waals surface area contributed by atoms with E-state index in [0.29, 0.717) is 11.1 Å². The molecule has 98 valence electrons. The number of halogens is 1. The minimum absolute atomic E-state index is 0.0880. The topological polar surface area (TPSA) is 46.3 Å². The second-order valence-corrected chi connectivity index (χ2v) is 5.00. The van der Waals surface area contributed by atoms with Crippen LogP contribution in [0.4, 0.5) is 4.39 Å². The van der Waals surface area contributed by atoms with Gasteiger partial charge in [0.05, 0.1) is 0 Å². The van der Waals surface area contributed by atoms with E-state index < -0.39 is 5.82 Å². The Morgan fingerprint density at radius 1 is 1.39 bits per heavy atom. The Morgan fingerprint density at radius 3 is 2.50 bits per heavy atom. The summed E-state index contributed by atoms with van der Waals surface area (Å²) in [5.41, 5.74) is 6.25. The smallest absolute Gasteiger partial charge is 0.254 e. The van der Waals surface area contributed by atoms with Crippen LogP contribution in [0.3, 0.4) is 0 Å². The quantitative estimate of drug-likeness (QED) is 0.875. The zero-order valence-corrected chi connectivity index (χ0v) is 10.8. The molecule has 1 heterocycles. The van der Waals surface area contributed by atoms with Crippen LogP contribution in [0, 0.1) is 5.82 Å². The van der Waals surface area contributed by atoms with Gasteiger partial charge in [0.1, 0.15) is 5.82 Å². The van der Waals surface area contributed by atoms with Crippen molar-refractivity contribution in [1.29, 1.82) is 0 Å². The van der Waals surface area contributed by atoms with E-state index in [0.717, 1.165) is 12.8 Å². The van der Waals surface area contributed by atoms with Crippen molar-refractivity contribution in [2.75, 3.05) is 0 Å². The van der Waals surface area contributed by atoms with Crippen LogP contribution in [0.15, 0.2) is 18.2 Å². The lowest BCUT2D eigenvalue weighted by atomic mass is 10.1. The van der Waals surface area contributed by atoms with Gasteiger partial charge in [-0.05, 0) is 38.8 Å². The number of amides is 1. The normalized spacial score (nSPS) is 23.4. The third-order valence-electron chi connectivity index (χ3n) is 3.71. The highest BCUT2D eigenvalue weighted by Gasteiger charge is 2.32. The average Bonchev–Trinajstić information content (AvgIpc) is 2.68. The summed E-state index contributed by atoms with van der Waals surface area (Å²) in [5.74, 6) is -0.488. The molecule has 1 amide bonds. The lowest BCUT2D eigenvalue weighted by Crippen LogP contribution is -2.38. The average molecular weight is 250 g/mol. The fourth-order valence-electron chi connectivity index (χ4n) is 2.59. The molecule has 0 spiro atoms. The van der Waals surface area contributed by atoms with Gasteiger partial charge in [-0.2, -0.15) is 0 Å². The summed E-state index contributed by atoms with van der Waals surface area (Å²) in [6, 6.07) is 5.00. The Bertz CT molecular complexity index is 451. The summed E-state index contributed by atoms with van der Waals surface area (Å²) < 4.78 is 13.6. The van der Waals surface area contributed by atoms with Crippen LogP contribution in [0.2, 0.25) is 0 Å². The molecule has 1 fully saturated rings. The maximum atomic E-state index is 13.6. The van der Waals surface area contributed by atoms with E-state index in [-0.39, 0.29) is 24.5 Å². The summed E-state index contributed by atoms with van der Waals surface area (Å²) in [6.45, 7) is 4.22. The third kappa shape index (κ3) is 2.25. The monoisotopic (exact) mass is 250 g/mol. The molecule has 3 nitrogen and oxygen atoms in total. The van der Waals surface area contributed by atoms with Gasteiger partial charge >= 0.3 is 0 Å². The molecule has 1 saturated heterocycles. The maximum absolute atomic E-state index is 13.6. The van der Waals surface area contributed by atoms with Gasteiger partial charge in [0.2, 0.25) is 0 Å². The first kappa shape index (κ1) is 13.0. The van der Waals surface area contributed by atoms with Crippen LogP contribution in [-0.2, 0) is 6.54 Å². The molecule has 1 aliphatic heterocycles. The molecule has 1 aromatic rings. The number of rotatable bonds is 2. The Morgan fingerprint density at radius 2 is 2.00 bits per heavy atom. The molecule has 2 unspecified atom stereocenters. The molecule has 0 radical (unpaired) electrons. The van der Waals surface area contributed by atoms with Crippen molar-refractivity contribution in [3.8, 4) is 0 Å². The third-order valence-corrected chi connectivity index (χ3v) is 3.71. The molecule has 0 aromatic heterocycles. The SMILES string of the molecule is CC1CCC(C)N1C(=O)c1ccc(CN)c(F)c1. The number of carbonyl (C=O) groups is 1.